The van der Waals surface area contributed by atoms with Crippen LogP contribution in [-0.2, 0) is 0 Å². The van der Waals surface area contributed by atoms with Crippen LogP contribution in [0.2, 0.25) is 0 Å². The van der Waals surface area contributed by atoms with Gasteiger partial charge in [-0.25, -0.2) is 9.97 Å². The average molecular weight is 358 g/mol. The molecule has 2 saturated carbocycles. The van der Waals surface area contributed by atoms with Gasteiger partial charge in [-0.05, 0) is 39.5 Å². The molecule has 26 heavy (non-hydrogen) atoms. The first-order valence-electron chi connectivity index (χ1n) is 10.0. The second kappa shape index (κ2) is 8.71. The zero-order valence-electron chi connectivity index (χ0n) is 16.0. The first kappa shape index (κ1) is 19.0. The Kier molecular flexibility index (Phi) is 6.35. The second-order valence-corrected chi connectivity index (χ2v) is 7.73. The Morgan fingerprint density at radius 2 is 1.46 bits per heavy atom. The summed E-state index contributed by atoms with van der Waals surface area (Å²) in [6, 6.07) is 0.111. The molecular formula is C20H30N4O2. The molecule has 2 fully saturated rings. The highest BCUT2D eigenvalue weighted by Crippen LogP contribution is 2.22. The largest absolute Gasteiger partial charge is 0.758 e. The lowest BCUT2D eigenvalue weighted by Gasteiger charge is -2.38. The summed E-state index contributed by atoms with van der Waals surface area (Å²) in [6.45, 7) is 3.69. The van der Waals surface area contributed by atoms with Crippen LogP contribution in [0, 0.1) is 24.0 Å². The minimum Gasteiger partial charge on any atom is -0.758 e. The maximum Gasteiger partial charge on any atom is 0.248 e. The van der Waals surface area contributed by atoms with Crippen LogP contribution < -0.4 is 10.7 Å². The summed E-state index contributed by atoms with van der Waals surface area (Å²) in [7, 11) is 0. The van der Waals surface area contributed by atoms with Gasteiger partial charge in [0, 0.05) is 34.8 Å². The normalized spacial score (nSPS) is 21.2. The molecule has 0 atom stereocenters. The van der Waals surface area contributed by atoms with Crippen molar-refractivity contribution in [2.24, 2.45) is 0 Å². The molecule has 1 aromatic heterocycles. The summed E-state index contributed by atoms with van der Waals surface area (Å²) >= 11 is 0. The molecule has 6 heteroatoms. The van der Waals surface area contributed by atoms with Gasteiger partial charge < -0.3 is 10.3 Å². The van der Waals surface area contributed by atoms with E-state index in [1.807, 2.05) is 13.8 Å². The minimum absolute atomic E-state index is 0.0555. The molecule has 0 N–H and O–H groups in total. The van der Waals surface area contributed by atoms with E-state index in [1.165, 1.54) is 12.8 Å². The molecule has 0 spiro atoms. The molecule has 1 aromatic rings. The summed E-state index contributed by atoms with van der Waals surface area (Å²) in [4.78, 5) is 21.5. The maximum absolute atomic E-state index is 12.4. The van der Waals surface area contributed by atoms with Gasteiger partial charge in [0.05, 0.1) is 16.7 Å². The van der Waals surface area contributed by atoms with Crippen LogP contribution in [0.25, 0.3) is 12.4 Å². The molecule has 3 rings (SSSR count). The molecule has 0 unspecified atom stereocenters. The molecule has 1 heterocycles. The van der Waals surface area contributed by atoms with Crippen LogP contribution in [0.3, 0.4) is 0 Å². The van der Waals surface area contributed by atoms with E-state index in [2.05, 4.69) is 9.97 Å². The van der Waals surface area contributed by atoms with E-state index in [1.54, 1.807) is 12.4 Å². The van der Waals surface area contributed by atoms with Crippen LogP contribution in [0.15, 0.2) is 0 Å². The lowest BCUT2D eigenvalue weighted by Crippen LogP contribution is -2.33. The monoisotopic (exact) mass is 358 g/mol. The van der Waals surface area contributed by atoms with Crippen molar-refractivity contribution < 1.29 is 4.76 Å². The van der Waals surface area contributed by atoms with E-state index in [9.17, 15) is 10.1 Å². The number of aryl methyl sites for hydroxylation is 2. The van der Waals surface area contributed by atoms with Crippen LogP contribution in [0.5, 0.6) is 0 Å². The first-order valence-corrected chi connectivity index (χ1v) is 10.0. The summed E-state index contributed by atoms with van der Waals surface area (Å²) in [5, 5.41) is 14.7. The summed E-state index contributed by atoms with van der Waals surface area (Å²) in [5.74, 6) is 0. The van der Waals surface area contributed by atoms with Crippen molar-refractivity contribution in [3.05, 3.63) is 32.2 Å². The zero-order valence-corrected chi connectivity index (χ0v) is 16.0. The number of aromatic nitrogens is 2. The number of nitrogens with zero attached hydrogens (tertiary/aromatic N) is 4. The molecule has 0 saturated heterocycles. The van der Waals surface area contributed by atoms with Gasteiger partial charge >= 0.3 is 0 Å². The third-order valence-electron chi connectivity index (χ3n) is 5.69. The summed E-state index contributed by atoms with van der Waals surface area (Å²) in [5.41, 5.74) is 1.38. The van der Waals surface area contributed by atoms with E-state index in [-0.39, 0.29) is 12.1 Å². The standard InChI is InChI=1S/C20H30N4O2/c1-15-19(13-23(25)17-9-5-3-6-10-17)22-16(2)20(21-15)14-24(26)18-11-7-4-8-12-18/h13-14,17-18H,3-12H2,1-2H3. The van der Waals surface area contributed by atoms with E-state index >= 15 is 0 Å². The van der Waals surface area contributed by atoms with Crippen molar-refractivity contribution in [1.82, 2.24) is 15.0 Å². The number of hydrogen-bond acceptors (Lipinski definition) is 5. The molecular weight excluding hydrogens is 328 g/mol. The molecule has 0 aliphatic heterocycles. The predicted octanol–water partition coefficient (Wildman–Crippen LogP) is 2.81. The molecule has 0 aromatic carbocycles. The fraction of sp³-hybridized carbons (Fsp3) is 0.700. The first-order chi connectivity index (χ1) is 12.5. The van der Waals surface area contributed by atoms with Crippen molar-refractivity contribution in [3.8, 4) is 0 Å². The molecule has 2 aliphatic rings. The van der Waals surface area contributed by atoms with Crippen LogP contribution in [0.1, 0.15) is 75.6 Å². The third-order valence-corrected chi connectivity index (χ3v) is 5.69. The minimum atomic E-state index is 0.0555. The Bertz CT molecular complexity index is 750. The summed E-state index contributed by atoms with van der Waals surface area (Å²) < 4.78 is 1.06. The van der Waals surface area contributed by atoms with Crippen LogP contribution >= 0.6 is 0 Å². The van der Waals surface area contributed by atoms with Crippen molar-refractivity contribution in [2.75, 3.05) is 0 Å². The van der Waals surface area contributed by atoms with Crippen molar-refractivity contribution >= 4 is 12.4 Å². The van der Waals surface area contributed by atoms with Gasteiger partial charge in [-0.2, -0.15) is 0 Å². The molecule has 6 nitrogen and oxygen atoms in total. The molecule has 142 valence electrons. The average Bonchev–Trinajstić information content (AvgIpc) is 2.67. The van der Waals surface area contributed by atoms with Gasteiger partial charge in [0.1, 0.15) is 0 Å². The SMILES string of the molecule is Cc1nc(=C[N+](=O)C2CCCCC2)c(C)nc1=CN([O-])C1CCCCC1. The van der Waals surface area contributed by atoms with Crippen molar-refractivity contribution in [2.45, 2.75) is 90.1 Å². The quantitative estimate of drug-likeness (QED) is 0.611. The van der Waals surface area contributed by atoms with Gasteiger partial charge in [0.15, 0.2) is 5.35 Å². The van der Waals surface area contributed by atoms with E-state index in [0.717, 1.165) is 61.2 Å². The van der Waals surface area contributed by atoms with E-state index < -0.39 is 0 Å². The van der Waals surface area contributed by atoms with E-state index in [4.69, 9.17) is 0 Å². The zero-order chi connectivity index (χ0) is 18.5. The molecule has 0 amide bonds. The smallest absolute Gasteiger partial charge is 0.248 e. The van der Waals surface area contributed by atoms with Crippen LogP contribution in [-0.4, -0.2) is 31.9 Å². The topological polar surface area (TPSA) is 72.2 Å². The van der Waals surface area contributed by atoms with Gasteiger partial charge in [0.2, 0.25) is 12.2 Å². The van der Waals surface area contributed by atoms with Gasteiger partial charge in [-0.1, -0.05) is 25.7 Å². The van der Waals surface area contributed by atoms with Crippen molar-refractivity contribution in [3.63, 3.8) is 0 Å². The number of rotatable bonds is 4. The van der Waals surface area contributed by atoms with Gasteiger partial charge in [-0.3, -0.25) is 0 Å². The lowest BCUT2D eigenvalue weighted by molar-refractivity contribution is -0.493. The van der Waals surface area contributed by atoms with Gasteiger partial charge in [0.25, 0.3) is 0 Å². The van der Waals surface area contributed by atoms with Gasteiger partial charge in [-0.15, -0.1) is 0 Å². The van der Waals surface area contributed by atoms with Crippen LogP contribution in [0.4, 0.5) is 0 Å². The number of hydroxylamine groups is 2. The highest BCUT2D eigenvalue weighted by Gasteiger charge is 2.26. The fourth-order valence-corrected chi connectivity index (χ4v) is 4.01. The Morgan fingerprint density at radius 3 is 2.12 bits per heavy atom. The Morgan fingerprint density at radius 1 is 0.923 bits per heavy atom. The predicted molar refractivity (Wildman–Crippen MR) is 102 cm³/mol. The maximum atomic E-state index is 12.4. The Labute approximate surface area is 155 Å². The Balaban J connectivity index is 1.82. The number of nitroso groups, excluding NO2 is 1. The highest BCUT2D eigenvalue weighted by molar-refractivity contribution is 5.24. The fourth-order valence-electron chi connectivity index (χ4n) is 4.01. The molecule has 0 radical (unpaired) electrons. The van der Waals surface area contributed by atoms with E-state index in [0.29, 0.717) is 22.1 Å². The summed E-state index contributed by atoms with van der Waals surface area (Å²) in [6.07, 6.45) is 13.9. The van der Waals surface area contributed by atoms with Crippen molar-refractivity contribution in [1.29, 1.82) is 0 Å². The Hall–Kier alpha value is -1.82. The molecule has 2 aliphatic carbocycles. The number of hydrogen-bond donors (Lipinski definition) is 0. The third kappa shape index (κ3) is 4.67. The molecule has 0 bridgehead atoms. The second-order valence-electron chi connectivity index (χ2n) is 7.73. The lowest BCUT2D eigenvalue weighted by atomic mass is 9.95. The highest BCUT2D eigenvalue weighted by atomic mass is 16.5.